The zero-order valence-corrected chi connectivity index (χ0v) is 10.5. The number of ether oxygens (including phenoxy) is 1. The molecule has 0 aromatic carbocycles. The lowest BCUT2D eigenvalue weighted by Gasteiger charge is -2.32. The number of aromatic nitrogens is 2. The Labute approximate surface area is 106 Å². The van der Waals surface area contributed by atoms with Gasteiger partial charge in [0.2, 0.25) is 11.0 Å². The summed E-state index contributed by atoms with van der Waals surface area (Å²) in [5, 5.41) is 3.27. The molecule has 1 saturated heterocycles. The van der Waals surface area contributed by atoms with Gasteiger partial charge in [-0.3, -0.25) is 0 Å². The molecule has 0 radical (unpaired) electrons. The van der Waals surface area contributed by atoms with Crippen LogP contribution in [0.4, 0.5) is 18.3 Å². The van der Waals surface area contributed by atoms with Crippen molar-refractivity contribution in [2.24, 2.45) is 0 Å². The molecule has 9 heteroatoms. The van der Waals surface area contributed by atoms with E-state index in [0.717, 1.165) is 11.5 Å². The maximum atomic E-state index is 12.4. The van der Waals surface area contributed by atoms with E-state index in [1.807, 2.05) is 0 Å². The highest BCUT2D eigenvalue weighted by molar-refractivity contribution is 7.09. The third-order valence-electron chi connectivity index (χ3n) is 2.51. The first-order valence-corrected chi connectivity index (χ1v) is 6.20. The summed E-state index contributed by atoms with van der Waals surface area (Å²) in [7, 11) is 1.80. The molecule has 1 aliphatic heterocycles. The van der Waals surface area contributed by atoms with E-state index in [2.05, 4.69) is 14.7 Å². The van der Waals surface area contributed by atoms with Crippen LogP contribution < -0.4 is 10.2 Å². The fourth-order valence-electron chi connectivity index (χ4n) is 1.70. The summed E-state index contributed by atoms with van der Waals surface area (Å²) in [5.41, 5.74) is 0. The van der Waals surface area contributed by atoms with Gasteiger partial charge in [-0.1, -0.05) is 0 Å². The number of nitrogens with one attached hydrogen (secondary N) is 1. The van der Waals surface area contributed by atoms with Crippen molar-refractivity contribution < 1.29 is 17.9 Å². The zero-order chi connectivity index (χ0) is 13.2. The molecule has 0 spiro atoms. The minimum atomic E-state index is -4.48. The molecule has 5 nitrogen and oxygen atoms in total. The van der Waals surface area contributed by atoms with Gasteiger partial charge >= 0.3 is 6.18 Å². The Hall–Kier alpha value is -0.930. The maximum absolute atomic E-state index is 12.4. The smallest absolute Gasteiger partial charge is 0.373 e. The lowest BCUT2D eigenvalue weighted by molar-refractivity contribution is -0.144. The molecule has 0 bridgehead atoms. The highest BCUT2D eigenvalue weighted by Crippen LogP contribution is 2.30. The number of anilines is 1. The molecule has 2 rings (SSSR count). The molecule has 1 aromatic heterocycles. The fraction of sp³-hybridized carbons (Fsp3) is 0.778. The van der Waals surface area contributed by atoms with Crippen LogP contribution in [0.15, 0.2) is 0 Å². The molecule has 1 atom stereocenters. The highest BCUT2D eigenvalue weighted by Gasteiger charge is 2.37. The minimum Gasteiger partial charge on any atom is -0.373 e. The minimum absolute atomic E-state index is 0.0398. The molecule has 102 valence electrons. The standard InChI is InChI=1S/C9H13F3N4OS/c1-13-4-6-5-16(2-3-17-6)8-14-7(15-18-8)9(10,11)12/h6,13H,2-5H2,1H3. The van der Waals surface area contributed by atoms with Crippen molar-refractivity contribution >= 4 is 16.7 Å². The average Bonchev–Trinajstić information content (AvgIpc) is 2.78. The van der Waals surface area contributed by atoms with Gasteiger partial charge in [0.1, 0.15) is 0 Å². The Morgan fingerprint density at radius 2 is 2.33 bits per heavy atom. The van der Waals surface area contributed by atoms with E-state index < -0.39 is 12.0 Å². The van der Waals surface area contributed by atoms with Crippen LogP contribution in [0.3, 0.4) is 0 Å². The largest absolute Gasteiger partial charge is 0.452 e. The third kappa shape index (κ3) is 3.09. The summed E-state index contributed by atoms with van der Waals surface area (Å²) >= 11 is 0.772. The van der Waals surface area contributed by atoms with Crippen LogP contribution in [-0.2, 0) is 10.9 Å². The van der Waals surface area contributed by atoms with Crippen molar-refractivity contribution in [2.75, 3.05) is 38.2 Å². The Morgan fingerprint density at radius 3 is 2.94 bits per heavy atom. The predicted molar refractivity (Wildman–Crippen MR) is 60.8 cm³/mol. The first kappa shape index (κ1) is 13.5. The first-order valence-electron chi connectivity index (χ1n) is 5.42. The molecular weight excluding hydrogens is 269 g/mol. The van der Waals surface area contributed by atoms with Crippen LogP contribution in [0.5, 0.6) is 0 Å². The van der Waals surface area contributed by atoms with E-state index in [-0.39, 0.29) is 6.10 Å². The van der Waals surface area contributed by atoms with Gasteiger partial charge in [0.05, 0.1) is 12.7 Å². The van der Waals surface area contributed by atoms with Gasteiger partial charge in [-0.2, -0.15) is 22.5 Å². The molecule has 1 aromatic rings. The van der Waals surface area contributed by atoms with Crippen molar-refractivity contribution in [1.82, 2.24) is 14.7 Å². The molecule has 0 aliphatic carbocycles. The van der Waals surface area contributed by atoms with Crippen molar-refractivity contribution in [3.63, 3.8) is 0 Å². The number of morpholine rings is 1. The topological polar surface area (TPSA) is 50.3 Å². The van der Waals surface area contributed by atoms with Gasteiger partial charge in [-0.25, -0.2) is 0 Å². The van der Waals surface area contributed by atoms with Gasteiger partial charge in [-0.15, -0.1) is 0 Å². The number of halogens is 3. The lowest BCUT2D eigenvalue weighted by atomic mass is 10.3. The summed E-state index contributed by atoms with van der Waals surface area (Å²) < 4.78 is 46.0. The predicted octanol–water partition coefficient (Wildman–Crippen LogP) is 0.982. The number of hydrogen-bond donors (Lipinski definition) is 1. The highest BCUT2D eigenvalue weighted by atomic mass is 32.1. The van der Waals surface area contributed by atoms with Crippen molar-refractivity contribution in [1.29, 1.82) is 0 Å². The normalized spacial score (nSPS) is 21.3. The number of nitrogens with zero attached hydrogens (tertiary/aromatic N) is 3. The number of alkyl halides is 3. The molecule has 1 unspecified atom stereocenters. The Kier molecular flexibility index (Phi) is 4.03. The Balaban J connectivity index is 2.05. The van der Waals surface area contributed by atoms with Crippen LogP contribution in [0, 0.1) is 0 Å². The molecule has 1 fully saturated rings. The average molecular weight is 282 g/mol. The molecule has 0 saturated carbocycles. The molecule has 1 N–H and O–H groups in total. The second-order valence-corrected chi connectivity index (χ2v) is 4.63. The Bertz CT molecular complexity index is 395. The lowest BCUT2D eigenvalue weighted by Crippen LogP contribution is -2.46. The maximum Gasteiger partial charge on any atom is 0.452 e. The second-order valence-electron chi connectivity index (χ2n) is 3.89. The molecule has 18 heavy (non-hydrogen) atoms. The van der Waals surface area contributed by atoms with Crippen LogP contribution in [0.25, 0.3) is 0 Å². The third-order valence-corrected chi connectivity index (χ3v) is 3.29. The van der Waals surface area contributed by atoms with Crippen molar-refractivity contribution in [3.05, 3.63) is 5.82 Å². The Morgan fingerprint density at radius 1 is 1.56 bits per heavy atom. The summed E-state index contributed by atoms with van der Waals surface area (Å²) in [4.78, 5) is 5.31. The summed E-state index contributed by atoms with van der Waals surface area (Å²) in [5.74, 6) is -1.07. The summed E-state index contributed by atoms with van der Waals surface area (Å²) in [6.07, 6.45) is -4.52. The summed E-state index contributed by atoms with van der Waals surface area (Å²) in [6, 6.07) is 0. The van der Waals surface area contributed by atoms with E-state index in [9.17, 15) is 13.2 Å². The van der Waals surface area contributed by atoms with E-state index in [4.69, 9.17) is 4.74 Å². The van der Waals surface area contributed by atoms with Gasteiger partial charge < -0.3 is 15.0 Å². The summed E-state index contributed by atoms with van der Waals surface area (Å²) in [6.45, 7) is 2.19. The van der Waals surface area contributed by atoms with E-state index >= 15 is 0 Å². The van der Waals surface area contributed by atoms with Crippen molar-refractivity contribution in [2.45, 2.75) is 12.3 Å². The SMILES string of the molecule is CNCC1CN(c2nc(C(F)(F)F)ns2)CCO1. The van der Waals surface area contributed by atoms with Crippen molar-refractivity contribution in [3.8, 4) is 0 Å². The monoisotopic (exact) mass is 282 g/mol. The van der Waals surface area contributed by atoms with Gasteiger partial charge in [0.25, 0.3) is 0 Å². The number of rotatable bonds is 3. The van der Waals surface area contributed by atoms with E-state index in [1.54, 1.807) is 11.9 Å². The molecular formula is C9H13F3N4OS. The number of likely N-dealkylation sites (N-methyl/N-ethyl adjacent to an activating group) is 1. The number of hydrogen-bond acceptors (Lipinski definition) is 6. The molecule has 2 heterocycles. The molecule has 0 amide bonds. The van der Waals surface area contributed by atoms with Crippen LogP contribution in [0.2, 0.25) is 0 Å². The van der Waals surface area contributed by atoms with E-state index in [0.29, 0.717) is 31.4 Å². The quantitative estimate of drug-likeness (QED) is 0.895. The molecule has 1 aliphatic rings. The zero-order valence-electron chi connectivity index (χ0n) is 9.70. The first-order chi connectivity index (χ1) is 8.50. The van der Waals surface area contributed by atoms with Crippen LogP contribution in [-0.4, -0.2) is 48.8 Å². The van der Waals surface area contributed by atoms with E-state index in [1.165, 1.54) is 0 Å². The van der Waals surface area contributed by atoms with Crippen LogP contribution >= 0.6 is 11.5 Å². The van der Waals surface area contributed by atoms with Gasteiger partial charge in [0, 0.05) is 31.2 Å². The second kappa shape index (κ2) is 5.37. The van der Waals surface area contributed by atoms with Crippen LogP contribution in [0.1, 0.15) is 5.82 Å². The fourth-order valence-corrected chi connectivity index (χ4v) is 2.42. The van der Waals surface area contributed by atoms with Gasteiger partial charge in [-0.05, 0) is 7.05 Å². The van der Waals surface area contributed by atoms with Gasteiger partial charge in [0.15, 0.2) is 0 Å².